The summed E-state index contributed by atoms with van der Waals surface area (Å²) in [6.07, 6.45) is 0. The Labute approximate surface area is 178 Å². The number of rotatable bonds is 4. The highest BCUT2D eigenvalue weighted by atomic mass is 127. The predicted octanol–water partition coefficient (Wildman–Crippen LogP) is 3.75. The van der Waals surface area contributed by atoms with Crippen LogP contribution in [-0.2, 0) is 0 Å². The molecular formula is C24H17I2+. The molecule has 0 spiro atoms. The summed E-state index contributed by atoms with van der Waals surface area (Å²) in [4.78, 5) is 0. The largest absolute Gasteiger partial charge is 0.359 e. The number of halogens is 2. The van der Waals surface area contributed by atoms with E-state index in [9.17, 15) is 0 Å². The van der Waals surface area contributed by atoms with Crippen molar-refractivity contribution >= 4 is 22.6 Å². The van der Waals surface area contributed by atoms with E-state index in [0.717, 1.165) is 0 Å². The summed E-state index contributed by atoms with van der Waals surface area (Å²) >= 11 is 2.36. The van der Waals surface area contributed by atoms with Crippen molar-refractivity contribution in [3.05, 3.63) is 114 Å². The zero-order valence-electron chi connectivity index (χ0n) is 14.1. The van der Waals surface area contributed by atoms with Gasteiger partial charge in [-0.25, -0.2) is 0 Å². The molecule has 2 heteroatoms. The van der Waals surface area contributed by atoms with Crippen LogP contribution in [0.2, 0.25) is 0 Å². The topological polar surface area (TPSA) is 0 Å². The van der Waals surface area contributed by atoms with Crippen molar-refractivity contribution < 1.29 is 21.2 Å². The highest BCUT2D eigenvalue weighted by Gasteiger charge is 2.23. The van der Waals surface area contributed by atoms with Gasteiger partial charge in [0.2, 0.25) is 3.57 Å². The van der Waals surface area contributed by atoms with E-state index in [4.69, 9.17) is 0 Å². The van der Waals surface area contributed by atoms with Crippen LogP contribution in [0.1, 0.15) is 0 Å². The second-order valence-electron chi connectivity index (χ2n) is 5.91. The molecule has 0 aliphatic heterocycles. The molecule has 0 radical (unpaired) electrons. The normalized spacial score (nSPS) is 10.7. The monoisotopic (exact) mass is 559 g/mol. The van der Waals surface area contributed by atoms with Gasteiger partial charge in [-0.15, -0.1) is 0 Å². The van der Waals surface area contributed by atoms with Crippen LogP contribution in [0.5, 0.6) is 0 Å². The second-order valence-corrected chi connectivity index (χ2v) is 9.93. The molecule has 4 aromatic carbocycles. The average Bonchev–Trinajstić information content (AvgIpc) is 2.71. The van der Waals surface area contributed by atoms with Crippen LogP contribution in [0, 0.1) is 10.7 Å². The van der Waals surface area contributed by atoms with E-state index in [0.29, 0.717) is 0 Å². The number of hydrogen-bond donors (Lipinski definition) is 0. The standard InChI is InChI=1S/C24H17I2/c25-24-22(26-20-14-8-3-9-15-20)17-16-21(18-10-4-1-5-11-18)23(24)19-12-6-2-7-13-19/h1-17H/q+1. The lowest BCUT2D eigenvalue weighted by Crippen LogP contribution is -3.61. The van der Waals surface area contributed by atoms with Crippen LogP contribution in [0.4, 0.5) is 0 Å². The molecular weight excluding hydrogens is 542 g/mol. The van der Waals surface area contributed by atoms with E-state index in [-0.39, 0.29) is 21.2 Å². The van der Waals surface area contributed by atoms with Crippen molar-refractivity contribution in [2.45, 2.75) is 0 Å². The third-order valence-electron chi connectivity index (χ3n) is 4.19. The summed E-state index contributed by atoms with van der Waals surface area (Å²) in [6.45, 7) is 0. The van der Waals surface area contributed by atoms with Crippen LogP contribution in [-0.4, -0.2) is 0 Å². The molecule has 0 N–H and O–H groups in total. The fourth-order valence-electron chi connectivity index (χ4n) is 2.96. The summed E-state index contributed by atoms with van der Waals surface area (Å²) < 4.78 is 4.32. The van der Waals surface area contributed by atoms with Gasteiger partial charge >= 0.3 is 21.2 Å². The highest BCUT2D eigenvalue weighted by Crippen LogP contribution is 2.35. The average molecular weight is 559 g/mol. The lowest BCUT2D eigenvalue weighted by Gasteiger charge is -2.12. The fourth-order valence-corrected chi connectivity index (χ4v) is 6.74. The van der Waals surface area contributed by atoms with E-state index in [2.05, 4.69) is 126 Å². The van der Waals surface area contributed by atoms with Gasteiger partial charge in [-0.3, -0.25) is 0 Å². The third-order valence-corrected chi connectivity index (χ3v) is 9.16. The maximum Gasteiger partial charge on any atom is 0.359 e. The van der Waals surface area contributed by atoms with Gasteiger partial charge in [0.05, 0.1) is 3.57 Å². The zero-order valence-corrected chi connectivity index (χ0v) is 18.4. The maximum atomic E-state index is 2.55. The Morgan fingerprint density at radius 2 is 1.08 bits per heavy atom. The molecule has 0 aliphatic carbocycles. The van der Waals surface area contributed by atoms with Crippen LogP contribution < -0.4 is 21.2 Å². The lowest BCUT2D eigenvalue weighted by molar-refractivity contribution is -0.598. The molecule has 26 heavy (non-hydrogen) atoms. The third kappa shape index (κ3) is 3.86. The van der Waals surface area contributed by atoms with Crippen molar-refractivity contribution in [1.82, 2.24) is 0 Å². The molecule has 4 rings (SSSR count). The van der Waals surface area contributed by atoms with Gasteiger partial charge < -0.3 is 0 Å². The van der Waals surface area contributed by atoms with E-state index in [1.54, 1.807) is 0 Å². The Balaban J connectivity index is 1.88. The van der Waals surface area contributed by atoms with Gasteiger partial charge in [-0.2, -0.15) is 0 Å². The Bertz CT molecular complexity index is 994. The Kier molecular flexibility index (Phi) is 5.70. The minimum atomic E-state index is -0.192. The molecule has 0 saturated carbocycles. The first-order chi connectivity index (χ1) is 12.8. The van der Waals surface area contributed by atoms with Gasteiger partial charge in [0.15, 0.2) is 3.57 Å². The fraction of sp³-hybridized carbons (Fsp3) is 0. The first kappa shape index (κ1) is 17.7. The van der Waals surface area contributed by atoms with Gasteiger partial charge in [0, 0.05) is 5.56 Å². The van der Waals surface area contributed by atoms with Gasteiger partial charge in [-0.05, 0) is 63.5 Å². The molecule has 0 bridgehead atoms. The van der Waals surface area contributed by atoms with Gasteiger partial charge in [0.1, 0.15) is 0 Å². The molecule has 0 unspecified atom stereocenters. The maximum absolute atomic E-state index is 2.55. The molecule has 0 aromatic heterocycles. The van der Waals surface area contributed by atoms with Crippen LogP contribution in [0.15, 0.2) is 103 Å². The van der Waals surface area contributed by atoms with E-state index >= 15 is 0 Å². The second kappa shape index (κ2) is 8.35. The molecule has 0 saturated heterocycles. The summed E-state index contributed by atoms with van der Waals surface area (Å²) in [5.74, 6) is 0. The summed E-state index contributed by atoms with van der Waals surface area (Å²) in [5, 5.41) is 0. The summed E-state index contributed by atoms with van der Waals surface area (Å²) in [6, 6.07) is 37.0. The lowest BCUT2D eigenvalue weighted by atomic mass is 9.95. The minimum Gasteiger partial charge on any atom is -0.0622 e. The Morgan fingerprint density at radius 3 is 1.69 bits per heavy atom. The van der Waals surface area contributed by atoms with Gasteiger partial charge in [-0.1, -0.05) is 78.9 Å². The number of benzene rings is 4. The first-order valence-corrected chi connectivity index (χ1v) is 11.7. The Morgan fingerprint density at radius 1 is 0.538 bits per heavy atom. The molecule has 0 aliphatic rings. The zero-order chi connectivity index (χ0) is 17.8. The highest BCUT2D eigenvalue weighted by molar-refractivity contribution is 14.1. The van der Waals surface area contributed by atoms with Crippen LogP contribution in [0.25, 0.3) is 22.3 Å². The van der Waals surface area contributed by atoms with Crippen molar-refractivity contribution in [2.75, 3.05) is 0 Å². The first-order valence-electron chi connectivity index (χ1n) is 8.46. The van der Waals surface area contributed by atoms with E-state index in [1.807, 2.05) is 0 Å². The predicted molar refractivity (Wildman–Crippen MR) is 114 cm³/mol. The quantitative estimate of drug-likeness (QED) is 0.335. The smallest absolute Gasteiger partial charge is 0.0622 e. The van der Waals surface area contributed by atoms with Crippen LogP contribution in [0.3, 0.4) is 0 Å². The number of hydrogen-bond acceptors (Lipinski definition) is 0. The molecule has 0 fully saturated rings. The van der Waals surface area contributed by atoms with E-state index in [1.165, 1.54) is 33.0 Å². The molecule has 0 amide bonds. The SMILES string of the molecule is Ic1c([I+]c2ccccc2)ccc(-c2ccccc2)c1-c1ccccc1. The molecule has 126 valence electrons. The molecule has 4 aromatic rings. The summed E-state index contributed by atoms with van der Waals surface area (Å²) in [7, 11) is 0. The van der Waals surface area contributed by atoms with Crippen molar-refractivity contribution in [1.29, 1.82) is 0 Å². The minimum absolute atomic E-state index is 0.192. The van der Waals surface area contributed by atoms with Crippen molar-refractivity contribution in [3.8, 4) is 22.3 Å². The molecule has 0 atom stereocenters. The van der Waals surface area contributed by atoms with E-state index < -0.39 is 0 Å². The molecule has 0 nitrogen and oxygen atoms in total. The Hall–Kier alpha value is -1.66. The van der Waals surface area contributed by atoms with Crippen molar-refractivity contribution in [2.24, 2.45) is 0 Å². The van der Waals surface area contributed by atoms with Crippen molar-refractivity contribution in [3.63, 3.8) is 0 Å². The van der Waals surface area contributed by atoms with Gasteiger partial charge in [0.25, 0.3) is 0 Å². The summed E-state index contributed by atoms with van der Waals surface area (Å²) in [5.41, 5.74) is 5.22. The van der Waals surface area contributed by atoms with Crippen LogP contribution >= 0.6 is 22.6 Å². The molecule has 0 heterocycles.